The minimum Gasteiger partial charge on any atom is -0.383 e. The van der Waals surface area contributed by atoms with Crippen molar-refractivity contribution in [1.29, 1.82) is 0 Å². The van der Waals surface area contributed by atoms with Crippen LogP contribution in [0.15, 0.2) is 0 Å². The molecule has 3 saturated heterocycles. The highest BCUT2D eigenvalue weighted by molar-refractivity contribution is 5.85. The Morgan fingerprint density at radius 1 is 1.00 bits per heavy atom. The molecule has 3 aliphatic heterocycles. The third-order valence-corrected chi connectivity index (χ3v) is 6.78. The van der Waals surface area contributed by atoms with E-state index in [0.29, 0.717) is 19.1 Å². The van der Waals surface area contributed by atoms with Gasteiger partial charge in [0.15, 0.2) is 0 Å². The van der Waals surface area contributed by atoms with Gasteiger partial charge in [0.2, 0.25) is 11.9 Å². The predicted molar refractivity (Wildman–Crippen MR) is 110 cm³/mol. The quantitative estimate of drug-likeness (QED) is 0.772. The fourth-order valence-corrected chi connectivity index (χ4v) is 4.96. The van der Waals surface area contributed by atoms with Crippen molar-refractivity contribution < 1.29 is 9.53 Å². The maximum absolute atomic E-state index is 13.3. The number of methoxy groups -OCH3 is 1. The van der Waals surface area contributed by atoms with Crippen molar-refractivity contribution in [2.24, 2.45) is 5.41 Å². The number of amides is 1. The Labute approximate surface area is 168 Å². The van der Waals surface area contributed by atoms with Gasteiger partial charge in [0.1, 0.15) is 5.82 Å². The summed E-state index contributed by atoms with van der Waals surface area (Å²) >= 11 is 0. The molecule has 0 aliphatic carbocycles. The number of aryl methyl sites for hydroxylation is 1. The number of nitrogens with zero attached hydrogens (tertiary/aromatic N) is 5. The number of hydrogen-bond donors (Lipinski definition) is 0. The van der Waals surface area contributed by atoms with Crippen LogP contribution in [0.4, 0.5) is 11.8 Å². The van der Waals surface area contributed by atoms with E-state index >= 15 is 0 Å². The first-order chi connectivity index (χ1) is 13.5. The van der Waals surface area contributed by atoms with Gasteiger partial charge in [-0.3, -0.25) is 4.79 Å². The number of rotatable bonds is 5. The SMILES string of the molecule is COCCN1CCC[C@]2(CCN(c3nc(N4CCCC4)nc(C)c3C)C2)C1=O. The highest BCUT2D eigenvalue weighted by atomic mass is 16.5. The van der Waals surface area contributed by atoms with Crippen LogP contribution in [0.3, 0.4) is 0 Å². The van der Waals surface area contributed by atoms with Gasteiger partial charge in [-0.05, 0) is 46.0 Å². The third kappa shape index (κ3) is 3.45. The number of anilines is 2. The Morgan fingerprint density at radius 3 is 2.54 bits per heavy atom. The molecule has 4 heterocycles. The molecule has 0 N–H and O–H groups in total. The Balaban J connectivity index is 1.56. The summed E-state index contributed by atoms with van der Waals surface area (Å²) in [6, 6.07) is 0. The van der Waals surface area contributed by atoms with E-state index in [2.05, 4.69) is 23.6 Å². The first kappa shape index (κ1) is 19.4. The Hall–Kier alpha value is -1.89. The van der Waals surface area contributed by atoms with Crippen LogP contribution in [0.5, 0.6) is 0 Å². The van der Waals surface area contributed by atoms with Crippen LogP contribution < -0.4 is 9.80 Å². The summed E-state index contributed by atoms with van der Waals surface area (Å²) in [6.07, 6.45) is 5.39. The van der Waals surface area contributed by atoms with Gasteiger partial charge < -0.3 is 19.4 Å². The van der Waals surface area contributed by atoms with Gasteiger partial charge in [-0.2, -0.15) is 4.98 Å². The second kappa shape index (κ2) is 7.85. The van der Waals surface area contributed by atoms with E-state index in [-0.39, 0.29) is 5.41 Å². The van der Waals surface area contributed by atoms with Crippen molar-refractivity contribution in [3.63, 3.8) is 0 Å². The molecule has 1 aromatic heterocycles. The molecule has 1 aromatic rings. The molecule has 28 heavy (non-hydrogen) atoms. The van der Waals surface area contributed by atoms with Crippen molar-refractivity contribution in [3.05, 3.63) is 11.3 Å². The summed E-state index contributed by atoms with van der Waals surface area (Å²) in [5.41, 5.74) is 1.93. The number of piperidine rings is 1. The maximum atomic E-state index is 13.3. The zero-order valence-corrected chi connectivity index (χ0v) is 17.5. The first-order valence-corrected chi connectivity index (χ1v) is 10.7. The monoisotopic (exact) mass is 387 g/mol. The average Bonchev–Trinajstić information content (AvgIpc) is 3.36. The van der Waals surface area contributed by atoms with Crippen LogP contribution in [0.1, 0.15) is 43.4 Å². The molecule has 3 aliphatic rings. The minimum absolute atomic E-state index is 0.259. The van der Waals surface area contributed by atoms with E-state index in [1.165, 1.54) is 12.8 Å². The lowest BCUT2D eigenvalue weighted by Crippen LogP contribution is -2.51. The smallest absolute Gasteiger partial charge is 0.230 e. The highest BCUT2D eigenvalue weighted by Crippen LogP contribution is 2.42. The van der Waals surface area contributed by atoms with Gasteiger partial charge in [-0.15, -0.1) is 0 Å². The summed E-state index contributed by atoms with van der Waals surface area (Å²) < 4.78 is 5.20. The van der Waals surface area contributed by atoms with Gasteiger partial charge in [0.05, 0.1) is 12.0 Å². The number of carbonyl (C=O) groups is 1. The number of aromatic nitrogens is 2. The molecule has 154 valence electrons. The van der Waals surface area contributed by atoms with E-state index in [1.54, 1.807) is 7.11 Å². The van der Waals surface area contributed by atoms with Crippen molar-refractivity contribution in [1.82, 2.24) is 14.9 Å². The molecule has 1 atom stereocenters. The highest BCUT2D eigenvalue weighted by Gasteiger charge is 2.48. The van der Waals surface area contributed by atoms with Gasteiger partial charge in [0.25, 0.3) is 0 Å². The molecule has 0 unspecified atom stereocenters. The zero-order chi connectivity index (χ0) is 19.7. The summed E-state index contributed by atoms with van der Waals surface area (Å²) in [6.45, 7) is 10.1. The van der Waals surface area contributed by atoms with E-state index in [4.69, 9.17) is 14.7 Å². The van der Waals surface area contributed by atoms with E-state index in [1.807, 2.05) is 4.90 Å². The molecule has 0 radical (unpaired) electrons. The van der Waals surface area contributed by atoms with Crippen LogP contribution in [0.25, 0.3) is 0 Å². The fourth-order valence-electron chi connectivity index (χ4n) is 4.96. The van der Waals surface area contributed by atoms with Gasteiger partial charge in [-0.25, -0.2) is 4.98 Å². The molecule has 0 bridgehead atoms. The molecule has 1 amide bonds. The van der Waals surface area contributed by atoms with Gasteiger partial charge in [0, 0.05) is 57.6 Å². The van der Waals surface area contributed by atoms with Gasteiger partial charge in [-0.1, -0.05) is 0 Å². The van der Waals surface area contributed by atoms with Crippen LogP contribution >= 0.6 is 0 Å². The normalized spacial score (nSPS) is 25.4. The zero-order valence-electron chi connectivity index (χ0n) is 17.5. The lowest BCUT2D eigenvalue weighted by molar-refractivity contribution is -0.145. The van der Waals surface area contributed by atoms with Crippen molar-refractivity contribution in [2.75, 3.05) is 62.8 Å². The lowest BCUT2D eigenvalue weighted by Gasteiger charge is -2.39. The summed E-state index contributed by atoms with van der Waals surface area (Å²) in [5.74, 6) is 2.18. The fraction of sp³-hybridized carbons (Fsp3) is 0.762. The van der Waals surface area contributed by atoms with Crippen LogP contribution in [0, 0.1) is 19.3 Å². The molecule has 1 spiro atoms. The molecule has 4 rings (SSSR count). The average molecular weight is 388 g/mol. The Morgan fingerprint density at radius 2 is 1.79 bits per heavy atom. The predicted octanol–water partition coefficient (Wildman–Crippen LogP) is 2.16. The van der Waals surface area contributed by atoms with E-state index in [0.717, 1.165) is 75.0 Å². The minimum atomic E-state index is -0.259. The molecule has 3 fully saturated rings. The summed E-state index contributed by atoms with van der Waals surface area (Å²) in [4.78, 5) is 29.6. The standard InChI is InChI=1S/C21H33N5O2/c1-16-17(2)22-20(25-9-4-5-10-25)23-18(16)26-12-8-21(15-26)7-6-11-24(19(21)27)13-14-28-3/h4-15H2,1-3H3/t21-/m1/s1. The molecular formula is C21H33N5O2. The van der Waals surface area contributed by atoms with Crippen LogP contribution in [-0.4, -0.2) is 73.8 Å². The molecule has 0 aromatic carbocycles. The lowest BCUT2D eigenvalue weighted by atomic mass is 9.78. The molecule has 7 nitrogen and oxygen atoms in total. The third-order valence-electron chi connectivity index (χ3n) is 6.78. The number of likely N-dealkylation sites (tertiary alicyclic amines) is 1. The van der Waals surface area contributed by atoms with Crippen LogP contribution in [-0.2, 0) is 9.53 Å². The topological polar surface area (TPSA) is 61.8 Å². The number of carbonyl (C=O) groups excluding carboxylic acids is 1. The van der Waals surface area contributed by atoms with Gasteiger partial charge >= 0.3 is 0 Å². The summed E-state index contributed by atoms with van der Waals surface area (Å²) in [5, 5.41) is 0. The second-order valence-corrected chi connectivity index (χ2v) is 8.59. The second-order valence-electron chi connectivity index (χ2n) is 8.59. The van der Waals surface area contributed by atoms with Crippen molar-refractivity contribution in [2.45, 2.75) is 46.0 Å². The maximum Gasteiger partial charge on any atom is 0.230 e. The molecular weight excluding hydrogens is 354 g/mol. The van der Waals surface area contributed by atoms with E-state index < -0.39 is 0 Å². The number of hydrogen-bond acceptors (Lipinski definition) is 6. The first-order valence-electron chi connectivity index (χ1n) is 10.7. The Kier molecular flexibility index (Phi) is 5.45. The molecule has 0 saturated carbocycles. The summed E-state index contributed by atoms with van der Waals surface area (Å²) in [7, 11) is 1.69. The largest absolute Gasteiger partial charge is 0.383 e. The molecule has 7 heteroatoms. The van der Waals surface area contributed by atoms with E-state index in [9.17, 15) is 4.79 Å². The van der Waals surface area contributed by atoms with Crippen molar-refractivity contribution >= 4 is 17.7 Å². The van der Waals surface area contributed by atoms with Crippen molar-refractivity contribution in [3.8, 4) is 0 Å². The van der Waals surface area contributed by atoms with Crippen LogP contribution in [0.2, 0.25) is 0 Å². The Bertz CT molecular complexity index is 734. The number of ether oxygens (including phenoxy) is 1.